The summed E-state index contributed by atoms with van der Waals surface area (Å²) in [6, 6.07) is 5.13. The van der Waals surface area contributed by atoms with Crippen molar-refractivity contribution in [1.82, 2.24) is 4.90 Å². The second-order valence-corrected chi connectivity index (χ2v) is 5.37. The van der Waals surface area contributed by atoms with Gasteiger partial charge in [0.15, 0.2) is 0 Å². The molecule has 0 spiro atoms. The van der Waals surface area contributed by atoms with Crippen LogP contribution in [0.15, 0.2) is 24.3 Å². The summed E-state index contributed by atoms with van der Waals surface area (Å²) in [4.78, 5) is 12.9. The molecule has 4 heteroatoms. The Morgan fingerprint density at radius 3 is 2.80 bits per heavy atom. The molecule has 0 unspecified atom stereocenters. The van der Waals surface area contributed by atoms with Crippen LogP contribution in [0.25, 0.3) is 6.08 Å². The zero-order valence-corrected chi connectivity index (χ0v) is 11.7. The summed E-state index contributed by atoms with van der Waals surface area (Å²) in [5, 5.41) is 8.70. The lowest BCUT2D eigenvalue weighted by Crippen LogP contribution is -2.28. The highest BCUT2D eigenvalue weighted by molar-refractivity contribution is 5.85. The molecule has 1 N–H and O–H groups in total. The number of hydrogen-bond acceptors (Lipinski definition) is 2. The molecule has 1 fully saturated rings. The van der Waals surface area contributed by atoms with E-state index in [1.807, 2.05) is 0 Å². The second kappa shape index (κ2) is 6.66. The van der Waals surface area contributed by atoms with Gasteiger partial charge in [0.05, 0.1) is 0 Å². The van der Waals surface area contributed by atoms with Crippen LogP contribution < -0.4 is 0 Å². The highest BCUT2D eigenvalue weighted by atomic mass is 19.1. The molecule has 0 radical (unpaired) electrons. The first-order valence-corrected chi connectivity index (χ1v) is 6.96. The third kappa shape index (κ3) is 3.90. The quantitative estimate of drug-likeness (QED) is 0.839. The minimum Gasteiger partial charge on any atom is -0.478 e. The van der Waals surface area contributed by atoms with E-state index in [0.717, 1.165) is 11.6 Å². The van der Waals surface area contributed by atoms with E-state index in [9.17, 15) is 9.18 Å². The largest absolute Gasteiger partial charge is 0.478 e. The van der Waals surface area contributed by atoms with Gasteiger partial charge in [0.25, 0.3) is 0 Å². The molecule has 0 heterocycles. The van der Waals surface area contributed by atoms with Crippen molar-refractivity contribution in [2.45, 2.75) is 38.3 Å². The van der Waals surface area contributed by atoms with Crippen molar-refractivity contribution in [3.8, 4) is 0 Å². The summed E-state index contributed by atoms with van der Waals surface area (Å²) in [5.74, 6) is -1.37. The van der Waals surface area contributed by atoms with Crippen molar-refractivity contribution >= 4 is 12.0 Å². The smallest absolute Gasteiger partial charge is 0.328 e. The van der Waals surface area contributed by atoms with Crippen LogP contribution in [0.2, 0.25) is 0 Å². The van der Waals surface area contributed by atoms with Crippen LogP contribution in [0.3, 0.4) is 0 Å². The Bertz CT molecular complexity index is 507. The lowest BCUT2D eigenvalue weighted by atomic mass is 10.1. The van der Waals surface area contributed by atoms with Crippen molar-refractivity contribution in [3.05, 3.63) is 41.2 Å². The van der Waals surface area contributed by atoms with Gasteiger partial charge in [0, 0.05) is 18.7 Å². The van der Waals surface area contributed by atoms with E-state index in [-0.39, 0.29) is 5.82 Å². The number of rotatable bonds is 5. The average Bonchev–Trinajstić information content (AvgIpc) is 2.93. The number of halogens is 1. The first-order valence-electron chi connectivity index (χ1n) is 6.96. The third-order valence-electron chi connectivity index (χ3n) is 3.88. The van der Waals surface area contributed by atoms with Gasteiger partial charge in [-0.05, 0) is 49.2 Å². The zero-order chi connectivity index (χ0) is 14.5. The molecule has 1 aromatic rings. The van der Waals surface area contributed by atoms with Gasteiger partial charge in [-0.15, -0.1) is 0 Å². The van der Waals surface area contributed by atoms with Crippen LogP contribution >= 0.6 is 0 Å². The molecule has 0 aliphatic heterocycles. The normalized spacial score (nSPS) is 16.4. The van der Waals surface area contributed by atoms with Crippen molar-refractivity contribution in [3.63, 3.8) is 0 Å². The minimum absolute atomic E-state index is 0.345. The van der Waals surface area contributed by atoms with Gasteiger partial charge in [0.1, 0.15) is 5.82 Å². The standard InChI is InChI=1S/C16H20FNO2/c1-18(15-4-2-3-5-15)11-13-6-8-14(17)10-12(13)7-9-16(19)20/h6-10,15H,2-5,11H2,1H3,(H,19,20). The van der Waals surface area contributed by atoms with Crippen LogP contribution in [0.4, 0.5) is 4.39 Å². The monoisotopic (exact) mass is 277 g/mol. The fourth-order valence-corrected chi connectivity index (χ4v) is 2.77. The molecule has 0 amide bonds. The number of carboxylic acids is 1. The predicted octanol–water partition coefficient (Wildman–Crippen LogP) is 3.30. The van der Waals surface area contributed by atoms with Crippen molar-refractivity contribution < 1.29 is 14.3 Å². The molecule has 108 valence electrons. The molecule has 1 aliphatic rings. The Morgan fingerprint density at radius 2 is 2.15 bits per heavy atom. The molecule has 1 aliphatic carbocycles. The van der Waals surface area contributed by atoms with Crippen molar-refractivity contribution in [2.24, 2.45) is 0 Å². The molecular formula is C16H20FNO2. The summed E-state index contributed by atoms with van der Waals surface area (Å²) in [7, 11) is 2.07. The first-order chi connectivity index (χ1) is 9.56. The van der Waals surface area contributed by atoms with Crippen LogP contribution in [-0.2, 0) is 11.3 Å². The highest BCUT2D eigenvalue weighted by Crippen LogP contribution is 2.24. The third-order valence-corrected chi connectivity index (χ3v) is 3.88. The predicted molar refractivity (Wildman–Crippen MR) is 76.8 cm³/mol. The van der Waals surface area contributed by atoms with Gasteiger partial charge in [-0.25, -0.2) is 9.18 Å². The fourth-order valence-electron chi connectivity index (χ4n) is 2.77. The van der Waals surface area contributed by atoms with Crippen LogP contribution in [0.1, 0.15) is 36.8 Å². The van der Waals surface area contributed by atoms with Crippen LogP contribution in [0, 0.1) is 5.82 Å². The summed E-state index contributed by atoms with van der Waals surface area (Å²) in [5.41, 5.74) is 1.59. The van der Waals surface area contributed by atoms with Crippen molar-refractivity contribution in [2.75, 3.05) is 7.05 Å². The lowest BCUT2D eigenvalue weighted by Gasteiger charge is -2.24. The Kier molecular flexibility index (Phi) is 4.90. The minimum atomic E-state index is -1.02. The lowest BCUT2D eigenvalue weighted by molar-refractivity contribution is -0.131. The highest BCUT2D eigenvalue weighted by Gasteiger charge is 2.20. The van der Waals surface area contributed by atoms with Gasteiger partial charge < -0.3 is 5.11 Å². The molecular weight excluding hydrogens is 257 g/mol. The Labute approximate surface area is 118 Å². The number of benzene rings is 1. The number of nitrogens with zero attached hydrogens (tertiary/aromatic N) is 1. The Hall–Kier alpha value is -1.68. The number of aliphatic carboxylic acids is 1. The maximum atomic E-state index is 13.3. The van der Waals surface area contributed by atoms with Gasteiger partial charge in [-0.1, -0.05) is 18.9 Å². The average molecular weight is 277 g/mol. The maximum Gasteiger partial charge on any atom is 0.328 e. The van der Waals surface area contributed by atoms with Crippen LogP contribution in [-0.4, -0.2) is 29.1 Å². The molecule has 0 aromatic heterocycles. The molecule has 2 rings (SSSR count). The topological polar surface area (TPSA) is 40.5 Å². The molecule has 0 bridgehead atoms. The van der Waals surface area contributed by atoms with E-state index in [4.69, 9.17) is 5.11 Å². The van der Waals surface area contributed by atoms with E-state index >= 15 is 0 Å². The van der Waals surface area contributed by atoms with E-state index in [2.05, 4.69) is 11.9 Å². The summed E-state index contributed by atoms with van der Waals surface area (Å²) < 4.78 is 13.3. The summed E-state index contributed by atoms with van der Waals surface area (Å²) >= 11 is 0. The van der Waals surface area contributed by atoms with E-state index < -0.39 is 5.97 Å². The van der Waals surface area contributed by atoms with E-state index in [1.54, 1.807) is 6.07 Å². The number of carbonyl (C=O) groups is 1. The molecule has 3 nitrogen and oxygen atoms in total. The summed E-state index contributed by atoms with van der Waals surface area (Å²) in [6.07, 6.45) is 7.46. The molecule has 0 saturated heterocycles. The van der Waals surface area contributed by atoms with Gasteiger partial charge in [-0.2, -0.15) is 0 Å². The molecule has 0 atom stereocenters. The van der Waals surface area contributed by atoms with Crippen molar-refractivity contribution in [1.29, 1.82) is 0 Å². The van der Waals surface area contributed by atoms with Crippen LogP contribution in [0.5, 0.6) is 0 Å². The van der Waals surface area contributed by atoms with Gasteiger partial charge >= 0.3 is 5.97 Å². The van der Waals surface area contributed by atoms with E-state index in [1.165, 1.54) is 43.9 Å². The molecule has 1 aromatic carbocycles. The Balaban J connectivity index is 2.15. The van der Waals surface area contributed by atoms with E-state index in [0.29, 0.717) is 18.2 Å². The number of hydrogen-bond donors (Lipinski definition) is 1. The van der Waals surface area contributed by atoms with Gasteiger partial charge in [-0.3, -0.25) is 4.90 Å². The second-order valence-electron chi connectivity index (χ2n) is 5.37. The molecule has 1 saturated carbocycles. The maximum absolute atomic E-state index is 13.3. The fraction of sp³-hybridized carbons (Fsp3) is 0.438. The number of carboxylic acid groups (broad SMARTS) is 1. The summed E-state index contributed by atoms with van der Waals surface area (Å²) in [6.45, 7) is 0.713. The first kappa shape index (κ1) is 14.7. The SMILES string of the molecule is CN(Cc1ccc(F)cc1C=CC(=O)O)C1CCCC1. The molecule has 20 heavy (non-hydrogen) atoms. The zero-order valence-electron chi connectivity index (χ0n) is 11.7. The van der Waals surface area contributed by atoms with Gasteiger partial charge in [0.2, 0.25) is 0 Å². The Morgan fingerprint density at radius 1 is 1.45 bits per heavy atom.